The molecule has 2 rings (SSSR count). The Labute approximate surface area is 102 Å². The molecule has 1 N–H and O–H groups in total. The zero-order valence-corrected chi connectivity index (χ0v) is 10.6. The molecule has 0 atom stereocenters. The summed E-state index contributed by atoms with van der Waals surface area (Å²) < 4.78 is 0. The van der Waals surface area contributed by atoms with Gasteiger partial charge in [-0.25, -0.2) is 4.98 Å². The van der Waals surface area contributed by atoms with Gasteiger partial charge in [0, 0.05) is 13.6 Å². The number of hydrogen-bond acceptors (Lipinski definition) is 3. The van der Waals surface area contributed by atoms with Crippen LogP contribution in [0.4, 0.5) is 0 Å². The Kier molecular flexibility index (Phi) is 3.76. The van der Waals surface area contributed by atoms with Crippen LogP contribution in [-0.2, 0) is 0 Å². The third-order valence-electron chi connectivity index (χ3n) is 3.39. The third-order valence-corrected chi connectivity index (χ3v) is 3.39. The van der Waals surface area contributed by atoms with E-state index in [9.17, 15) is 4.79 Å². The van der Waals surface area contributed by atoms with E-state index < -0.39 is 0 Å². The molecule has 5 nitrogen and oxygen atoms in total. The largest absolute Gasteiger partial charge is 0.339 e. The maximum Gasteiger partial charge on any atom is 0.293 e. The summed E-state index contributed by atoms with van der Waals surface area (Å²) in [6.07, 6.45) is 6.42. The fraction of sp³-hybridized carbons (Fsp3) is 0.750. The van der Waals surface area contributed by atoms with Crippen molar-refractivity contribution in [1.82, 2.24) is 20.1 Å². The van der Waals surface area contributed by atoms with Crippen LogP contribution in [-0.4, -0.2) is 39.6 Å². The number of H-pyrrole nitrogens is 1. The molecule has 0 bridgehead atoms. The van der Waals surface area contributed by atoms with Crippen LogP contribution >= 0.6 is 0 Å². The number of rotatable bonds is 3. The minimum Gasteiger partial charge on any atom is -0.339 e. The molecular formula is C12H20N4O. The standard InChI is InChI=1S/C12H20N4O/c1-9-13-11(15-14-9)12(17)16(2)8-10-6-4-3-5-7-10/h10H,3-8H2,1-2H3,(H,13,14,15). The normalized spacial score (nSPS) is 17.1. The van der Waals surface area contributed by atoms with Gasteiger partial charge in [0.05, 0.1) is 0 Å². The molecule has 0 aliphatic heterocycles. The summed E-state index contributed by atoms with van der Waals surface area (Å²) in [5.41, 5.74) is 0. The predicted molar refractivity (Wildman–Crippen MR) is 64.7 cm³/mol. The van der Waals surface area contributed by atoms with Gasteiger partial charge in [-0.2, -0.15) is 0 Å². The van der Waals surface area contributed by atoms with Gasteiger partial charge in [-0.3, -0.25) is 9.89 Å². The zero-order valence-electron chi connectivity index (χ0n) is 10.6. The molecule has 1 aliphatic carbocycles. The van der Waals surface area contributed by atoms with Crippen LogP contribution in [0.5, 0.6) is 0 Å². The number of aryl methyl sites for hydroxylation is 1. The highest BCUT2D eigenvalue weighted by Crippen LogP contribution is 2.24. The number of carbonyl (C=O) groups excluding carboxylic acids is 1. The molecule has 1 aliphatic rings. The van der Waals surface area contributed by atoms with E-state index in [0.29, 0.717) is 11.7 Å². The average molecular weight is 236 g/mol. The lowest BCUT2D eigenvalue weighted by Crippen LogP contribution is -2.33. The Morgan fingerprint density at radius 3 is 2.71 bits per heavy atom. The molecule has 17 heavy (non-hydrogen) atoms. The number of carbonyl (C=O) groups is 1. The molecule has 1 amide bonds. The molecular weight excluding hydrogens is 216 g/mol. The molecule has 0 spiro atoms. The second-order valence-electron chi connectivity index (χ2n) is 4.93. The van der Waals surface area contributed by atoms with Crippen molar-refractivity contribution < 1.29 is 4.79 Å². The molecule has 1 saturated carbocycles. The van der Waals surface area contributed by atoms with Crippen LogP contribution in [0.15, 0.2) is 0 Å². The van der Waals surface area contributed by atoms with Crippen molar-refractivity contribution in [3.8, 4) is 0 Å². The van der Waals surface area contributed by atoms with Crippen molar-refractivity contribution >= 4 is 5.91 Å². The molecule has 0 radical (unpaired) electrons. The second-order valence-corrected chi connectivity index (χ2v) is 4.93. The fourth-order valence-corrected chi connectivity index (χ4v) is 2.45. The maximum absolute atomic E-state index is 12.0. The number of aromatic amines is 1. The number of nitrogens with zero attached hydrogens (tertiary/aromatic N) is 3. The lowest BCUT2D eigenvalue weighted by molar-refractivity contribution is 0.0749. The van der Waals surface area contributed by atoms with Crippen molar-refractivity contribution in [3.63, 3.8) is 0 Å². The zero-order chi connectivity index (χ0) is 12.3. The molecule has 1 aromatic heterocycles. The van der Waals surface area contributed by atoms with E-state index in [0.717, 1.165) is 6.54 Å². The van der Waals surface area contributed by atoms with Gasteiger partial charge >= 0.3 is 0 Å². The quantitative estimate of drug-likeness (QED) is 0.870. The Morgan fingerprint density at radius 2 is 2.12 bits per heavy atom. The van der Waals surface area contributed by atoms with E-state index >= 15 is 0 Å². The lowest BCUT2D eigenvalue weighted by atomic mass is 9.89. The van der Waals surface area contributed by atoms with Crippen LogP contribution in [0.2, 0.25) is 0 Å². The van der Waals surface area contributed by atoms with Crippen molar-refractivity contribution in [2.45, 2.75) is 39.0 Å². The SMILES string of the molecule is Cc1nc(C(=O)N(C)CC2CCCCC2)n[nH]1. The Morgan fingerprint density at radius 1 is 1.41 bits per heavy atom. The van der Waals surface area contributed by atoms with Gasteiger partial charge in [0.1, 0.15) is 5.82 Å². The summed E-state index contributed by atoms with van der Waals surface area (Å²) in [4.78, 5) is 17.8. The summed E-state index contributed by atoms with van der Waals surface area (Å²) in [6.45, 7) is 2.62. The summed E-state index contributed by atoms with van der Waals surface area (Å²) in [6, 6.07) is 0. The van der Waals surface area contributed by atoms with Gasteiger partial charge in [-0.05, 0) is 25.7 Å². The monoisotopic (exact) mass is 236 g/mol. The van der Waals surface area contributed by atoms with Crippen LogP contribution in [0.25, 0.3) is 0 Å². The van der Waals surface area contributed by atoms with Crippen molar-refractivity contribution in [2.24, 2.45) is 5.92 Å². The number of aromatic nitrogens is 3. The topological polar surface area (TPSA) is 61.9 Å². The van der Waals surface area contributed by atoms with Crippen molar-refractivity contribution in [2.75, 3.05) is 13.6 Å². The van der Waals surface area contributed by atoms with Gasteiger partial charge in [-0.15, -0.1) is 5.10 Å². The molecule has 1 heterocycles. The highest BCUT2D eigenvalue weighted by atomic mass is 16.2. The van der Waals surface area contributed by atoms with Gasteiger partial charge in [0.2, 0.25) is 5.82 Å². The average Bonchev–Trinajstić information content (AvgIpc) is 2.76. The molecule has 1 fully saturated rings. The first-order valence-corrected chi connectivity index (χ1v) is 6.31. The minimum atomic E-state index is -0.0834. The van der Waals surface area contributed by atoms with Crippen LogP contribution in [0, 0.1) is 12.8 Å². The number of amides is 1. The van der Waals surface area contributed by atoms with Crippen LogP contribution in [0.1, 0.15) is 48.5 Å². The molecule has 1 aromatic rings. The van der Waals surface area contributed by atoms with E-state index in [4.69, 9.17) is 0 Å². The Balaban J connectivity index is 1.90. The highest BCUT2D eigenvalue weighted by Gasteiger charge is 2.21. The molecule has 5 heteroatoms. The van der Waals surface area contributed by atoms with Gasteiger partial charge < -0.3 is 4.90 Å². The number of nitrogens with one attached hydrogen (secondary N) is 1. The van der Waals surface area contributed by atoms with Crippen LogP contribution < -0.4 is 0 Å². The van der Waals surface area contributed by atoms with E-state index in [2.05, 4.69) is 15.2 Å². The van der Waals surface area contributed by atoms with Gasteiger partial charge in [0.15, 0.2) is 0 Å². The van der Waals surface area contributed by atoms with Gasteiger partial charge in [-0.1, -0.05) is 19.3 Å². The smallest absolute Gasteiger partial charge is 0.293 e. The summed E-state index contributed by atoms with van der Waals surface area (Å²) in [5, 5.41) is 6.60. The molecule has 0 aromatic carbocycles. The van der Waals surface area contributed by atoms with Crippen LogP contribution in [0.3, 0.4) is 0 Å². The van der Waals surface area contributed by atoms with Crippen molar-refractivity contribution in [3.05, 3.63) is 11.6 Å². The summed E-state index contributed by atoms with van der Waals surface area (Å²) in [7, 11) is 1.84. The molecule has 0 unspecified atom stereocenters. The van der Waals surface area contributed by atoms with E-state index in [-0.39, 0.29) is 11.7 Å². The van der Waals surface area contributed by atoms with E-state index in [1.807, 2.05) is 7.05 Å². The first-order chi connectivity index (χ1) is 8.16. The molecule has 94 valence electrons. The Bertz CT molecular complexity index is 382. The van der Waals surface area contributed by atoms with E-state index in [1.165, 1.54) is 32.1 Å². The molecule has 0 saturated heterocycles. The second kappa shape index (κ2) is 5.29. The van der Waals surface area contributed by atoms with Crippen molar-refractivity contribution in [1.29, 1.82) is 0 Å². The maximum atomic E-state index is 12.0. The highest BCUT2D eigenvalue weighted by molar-refractivity contribution is 5.90. The fourth-order valence-electron chi connectivity index (χ4n) is 2.45. The summed E-state index contributed by atoms with van der Waals surface area (Å²) >= 11 is 0. The third kappa shape index (κ3) is 3.05. The van der Waals surface area contributed by atoms with Gasteiger partial charge in [0.25, 0.3) is 5.91 Å². The predicted octanol–water partition coefficient (Wildman–Crippen LogP) is 1.77. The Hall–Kier alpha value is -1.39. The first-order valence-electron chi connectivity index (χ1n) is 6.31. The first kappa shape index (κ1) is 12.1. The number of hydrogen-bond donors (Lipinski definition) is 1. The van der Waals surface area contributed by atoms with E-state index in [1.54, 1.807) is 11.8 Å². The summed E-state index contributed by atoms with van der Waals surface area (Å²) in [5.74, 6) is 1.53. The minimum absolute atomic E-state index is 0.0834. The lowest BCUT2D eigenvalue weighted by Gasteiger charge is -2.26.